The molecule has 6 heteroatoms. The Morgan fingerprint density at radius 2 is 1.90 bits per heavy atom. The third-order valence-electron chi connectivity index (χ3n) is 2.95. The van der Waals surface area contributed by atoms with E-state index < -0.39 is 11.7 Å². The van der Waals surface area contributed by atoms with Crippen LogP contribution in [-0.4, -0.2) is 19.0 Å². The van der Waals surface area contributed by atoms with Crippen LogP contribution in [-0.2, 0) is 17.4 Å². The second kappa shape index (κ2) is 7.28. The van der Waals surface area contributed by atoms with Gasteiger partial charge in [-0.15, -0.1) is 0 Å². The second-order valence-corrected chi connectivity index (χ2v) is 4.86. The minimum absolute atomic E-state index is 0.0769. The molecule has 0 aliphatic rings. The fourth-order valence-corrected chi connectivity index (χ4v) is 1.73. The normalized spacial score (nSPS) is 13.1. The molecule has 0 aliphatic carbocycles. The molecule has 1 aromatic rings. The van der Waals surface area contributed by atoms with E-state index >= 15 is 0 Å². The number of rotatable bonds is 6. The average Bonchev–Trinajstić information content (AvgIpc) is 2.36. The van der Waals surface area contributed by atoms with E-state index in [1.165, 1.54) is 12.1 Å². The first kappa shape index (κ1) is 16.5. The number of amides is 1. The number of alkyl halides is 3. The molecule has 1 rings (SSSR count). The molecule has 1 atom stereocenters. The fourth-order valence-electron chi connectivity index (χ4n) is 1.73. The van der Waals surface area contributed by atoms with Gasteiger partial charge in [0, 0.05) is 6.54 Å². The number of carbonyl (C=O) groups is 1. The van der Waals surface area contributed by atoms with Gasteiger partial charge in [0.2, 0.25) is 5.91 Å². The van der Waals surface area contributed by atoms with Crippen molar-refractivity contribution in [3.8, 4) is 0 Å². The zero-order valence-electron chi connectivity index (χ0n) is 11.3. The average molecular weight is 288 g/mol. The van der Waals surface area contributed by atoms with Crippen molar-refractivity contribution >= 4 is 5.91 Å². The van der Waals surface area contributed by atoms with Gasteiger partial charge in [-0.05, 0) is 36.6 Å². The van der Waals surface area contributed by atoms with Crippen LogP contribution in [0.3, 0.4) is 0 Å². The van der Waals surface area contributed by atoms with E-state index in [9.17, 15) is 18.0 Å². The monoisotopic (exact) mass is 288 g/mol. The summed E-state index contributed by atoms with van der Waals surface area (Å²) in [5, 5.41) is 2.74. The van der Waals surface area contributed by atoms with Gasteiger partial charge >= 0.3 is 6.18 Å². The van der Waals surface area contributed by atoms with Crippen molar-refractivity contribution in [3.05, 3.63) is 35.4 Å². The van der Waals surface area contributed by atoms with E-state index in [4.69, 9.17) is 5.73 Å². The molecular weight excluding hydrogens is 269 g/mol. The Hall–Kier alpha value is -1.56. The smallest absolute Gasteiger partial charge is 0.356 e. The number of benzene rings is 1. The first-order chi connectivity index (χ1) is 9.32. The lowest BCUT2D eigenvalue weighted by atomic mass is 10.1. The van der Waals surface area contributed by atoms with Crippen molar-refractivity contribution < 1.29 is 18.0 Å². The Labute approximate surface area is 116 Å². The van der Waals surface area contributed by atoms with Crippen LogP contribution >= 0.6 is 0 Å². The van der Waals surface area contributed by atoms with Gasteiger partial charge in [-0.25, -0.2) is 0 Å². The summed E-state index contributed by atoms with van der Waals surface area (Å²) in [6.07, 6.45) is -3.45. The van der Waals surface area contributed by atoms with Crippen LogP contribution in [0.25, 0.3) is 0 Å². The van der Waals surface area contributed by atoms with Crippen molar-refractivity contribution in [1.29, 1.82) is 0 Å². The van der Waals surface area contributed by atoms with Crippen molar-refractivity contribution in [2.75, 3.05) is 13.1 Å². The highest BCUT2D eigenvalue weighted by atomic mass is 19.4. The molecule has 0 spiro atoms. The number of hydrogen-bond donors (Lipinski definition) is 2. The van der Waals surface area contributed by atoms with E-state index in [2.05, 4.69) is 5.32 Å². The van der Waals surface area contributed by atoms with Gasteiger partial charge in [0.1, 0.15) is 0 Å². The standard InChI is InChI=1S/C14H19F3N2O/c1-10(6-7-18)9-19-13(20)8-11-2-4-12(5-3-11)14(15,16)17/h2-5,10H,6-9,18H2,1H3,(H,19,20). The van der Waals surface area contributed by atoms with E-state index in [-0.39, 0.29) is 18.2 Å². The summed E-state index contributed by atoms with van der Waals surface area (Å²) in [7, 11) is 0. The Kier molecular flexibility index (Phi) is 6.01. The lowest BCUT2D eigenvalue weighted by molar-refractivity contribution is -0.137. The van der Waals surface area contributed by atoms with E-state index in [0.29, 0.717) is 18.7 Å². The van der Waals surface area contributed by atoms with Crippen LogP contribution in [0.4, 0.5) is 13.2 Å². The molecule has 0 fully saturated rings. The summed E-state index contributed by atoms with van der Waals surface area (Å²) in [6.45, 7) is 3.07. The van der Waals surface area contributed by atoms with Crippen molar-refractivity contribution in [2.45, 2.75) is 25.9 Å². The Bertz CT molecular complexity index is 429. The van der Waals surface area contributed by atoms with Crippen LogP contribution in [0.1, 0.15) is 24.5 Å². The predicted octanol–water partition coefficient (Wildman–Crippen LogP) is 2.35. The summed E-state index contributed by atoms with van der Waals surface area (Å²) in [5.41, 5.74) is 5.25. The highest BCUT2D eigenvalue weighted by Gasteiger charge is 2.29. The SMILES string of the molecule is CC(CCN)CNC(=O)Cc1ccc(C(F)(F)F)cc1. The minimum Gasteiger partial charge on any atom is -0.356 e. The van der Waals surface area contributed by atoms with E-state index in [0.717, 1.165) is 18.6 Å². The van der Waals surface area contributed by atoms with Crippen molar-refractivity contribution in [1.82, 2.24) is 5.32 Å². The van der Waals surface area contributed by atoms with E-state index in [1.54, 1.807) is 0 Å². The Morgan fingerprint density at radius 3 is 2.40 bits per heavy atom. The van der Waals surface area contributed by atoms with Gasteiger partial charge in [-0.3, -0.25) is 4.79 Å². The number of halogens is 3. The number of nitrogens with two attached hydrogens (primary N) is 1. The highest BCUT2D eigenvalue weighted by molar-refractivity contribution is 5.78. The molecule has 0 bridgehead atoms. The fraction of sp³-hybridized carbons (Fsp3) is 0.500. The van der Waals surface area contributed by atoms with Gasteiger partial charge in [0.15, 0.2) is 0 Å². The van der Waals surface area contributed by atoms with Crippen LogP contribution in [0.15, 0.2) is 24.3 Å². The summed E-state index contributed by atoms with van der Waals surface area (Å²) >= 11 is 0. The van der Waals surface area contributed by atoms with Gasteiger partial charge in [0.05, 0.1) is 12.0 Å². The predicted molar refractivity (Wildman–Crippen MR) is 71.0 cm³/mol. The maximum absolute atomic E-state index is 12.4. The van der Waals surface area contributed by atoms with Crippen molar-refractivity contribution in [2.24, 2.45) is 11.7 Å². The molecule has 1 unspecified atom stereocenters. The van der Waals surface area contributed by atoms with Gasteiger partial charge in [-0.1, -0.05) is 19.1 Å². The molecule has 0 saturated heterocycles. The topological polar surface area (TPSA) is 55.1 Å². The molecule has 1 amide bonds. The molecule has 0 saturated carbocycles. The zero-order valence-corrected chi connectivity index (χ0v) is 11.3. The third kappa shape index (κ3) is 5.61. The van der Waals surface area contributed by atoms with Gasteiger partial charge in [-0.2, -0.15) is 13.2 Å². The summed E-state index contributed by atoms with van der Waals surface area (Å²) in [4.78, 5) is 11.6. The Balaban J connectivity index is 2.46. The quantitative estimate of drug-likeness (QED) is 0.844. The number of carbonyl (C=O) groups excluding carboxylic acids is 1. The maximum Gasteiger partial charge on any atom is 0.416 e. The van der Waals surface area contributed by atoms with Crippen LogP contribution in [0.2, 0.25) is 0 Å². The van der Waals surface area contributed by atoms with E-state index in [1.807, 2.05) is 6.92 Å². The Morgan fingerprint density at radius 1 is 1.30 bits per heavy atom. The maximum atomic E-state index is 12.4. The summed E-state index contributed by atoms with van der Waals surface area (Å²) < 4.78 is 37.1. The summed E-state index contributed by atoms with van der Waals surface area (Å²) in [6, 6.07) is 4.62. The largest absolute Gasteiger partial charge is 0.416 e. The third-order valence-corrected chi connectivity index (χ3v) is 2.95. The van der Waals surface area contributed by atoms with Crippen LogP contribution in [0, 0.1) is 5.92 Å². The lowest BCUT2D eigenvalue weighted by Gasteiger charge is -2.11. The molecule has 0 aliphatic heterocycles. The van der Waals surface area contributed by atoms with Gasteiger partial charge < -0.3 is 11.1 Å². The second-order valence-electron chi connectivity index (χ2n) is 4.86. The first-order valence-corrected chi connectivity index (χ1v) is 6.46. The number of nitrogens with one attached hydrogen (secondary N) is 1. The molecule has 1 aromatic carbocycles. The molecule has 0 aromatic heterocycles. The minimum atomic E-state index is -4.35. The molecule has 0 radical (unpaired) electrons. The molecule has 112 valence electrons. The number of hydrogen-bond acceptors (Lipinski definition) is 2. The van der Waals surface area contributed by atoms with Gasteiger partial charge in [0.25, 0.3) is 0 Å². The first-order valence-electron chi connectivity index (χ1n) is 6.46. The summed E-state index contributed by atoms with van der Waals surface area (Å²) in [5.74, 6) is 0.0881. The molecule has 3 N–H and O–H groups in total. The molecule has 3 nitrogen and oxygen atoms in total. The zero-order chi connectivity index (χ0) is 15.2. The molecule has 20 heavy (non-hydrogen) atoms. The molecular formula is C14H19F3N2O. The van der Waals surface area contributed by atoms with Crippen molar-refractivity contribution in [3.63, 3.8) is 0 Å². The lowest BCUT2D eigenvalue weighted by Crippen LogP contribution is -2.30. The van der Waals surface area contributed by atoms with Crippen LogP contribution in [0.5, 0.6) is 0 Å². The highest BCUT2D eigenvalue weighted by Crippen LogP contribution is 2.29. The molecule has 0 heterocycles. The van der Waals surface area contributed by atoms with Crippen LogP contribution < -0.4 is 11.1 Å².